The number of hydrogen-bond donors (Lipinski definition) is 1. The number of nitrogens with one attached hydrogen (secondary N) is 1. The fourth-order valence-corrected chi connectivity index (χ4v) is 4.89. The third-order valence-corrected chi connectivity index (χ3v) is 7.20. The Balaban J connectivity index is 1.87. The minimum absolute atomic E-state index is 0.138. The third-order valence-electron chi connectivity index (χ3n) is 6.22. The summed E-state index contributed by atoms with van der Waals surface area (Å²) in [5.41, 5.74) is -3.86. The maximum atomic E-state index is 13.7. The number of aromatic nitrogens is 2. The van der Waals surface area contributed by atoms with Crippen LogP contribution in [0.3, 0.4) is 0 Å². The lowest BCUT2D eigenvalue weighted by Gasteiger charge is -2.21. The number of carbonyl (C=O) groups excluding carboxylic acids is 1. The van der Waals surface area contributed by atoms with Crippen LogP contribution in [0.25, 0.3) is 10.9 Å². The van der Waals surface area contributed by atoms with Gasteiger partial charge < -0.3 is 14.1 Å². The molecule has 2 heterocycles. The molecule has 0 aliphatic rings. The highest BCUT2D eigenvalue weighted by Crippen LogP contribution is 2.38. The van der Waals surface area contributed by atoms with Gasteiger partial charge in [0.15, 0.2) is 11.6 Å². The summed E-state index contributed by atoms with van der Waals surface area (Å²) in [6.45, 7) is 5.26. The minimum Gasteiger partial charge on any atom is -0.376 e. The number of benzene rings is 2. The van der Waals surface area contributed by atoms with Crippen molar-refractivity contribution in [2.45, 2.75) is 44.8 Å². The van der Waals surface area contributed by atoms with Crippen molar-refractivity contribution in [3.8, 4) is 5.75 Å². The molecular weight excluding hydrogens is 557 g/mol. The number of amides is 1. The van der Waals surface area contributed by atoms with E-state index in [2.05, 4.69) is 14.5 Å². The Kier molecular flexibility index (Phi) is 7.88. The van der Waals surface area contributed by atoms with Gasteiger partial charge in [-0.1, -0.05) is 26.0 Å². The first kappa shape index (κ1) is 29.0. The molecule has 40 heavy (non-hydrogen) atoms. The van der Waals surface area contributed by atoms with Crippen LogP contribution in [0, 0.1) is 11.6 Å². The van der Waals surface area contributed by atoms with Crippen LogP contribution in [0.2, 0.25) is 0 Å². The van der Waals surface area contributed by atoms with Gasteiger partial charge in [0, 0.05) is 29.9 Å². The van der Waals surface area contributed by atoms with Crippen LogP contribution in [0.4, 0.5) is 22.0 Å². The molecule has 7 nitrogen and oxygen atoms in total. The van der Waals surface area contributed by atoms with Crippen molar-refractivity contribution in [3.63, 3.8) is 0 Å². The van der Waals surface area contributed by atoms with Gasteiger partial charge in [0.1, 0.15) is 5.75 Å². The third kappa shape index (κ3) is 5.64. The van der Waals surface area contributed by atoms with Crippen molar-refractivity contribution in [3.05, 3.63) is 94.9 Å². The maximum absolute atomic E-state index is 13.7. The lowest BCUT2D eigenvalue weighted by molar-refractivity contribution is -0.0500. The maximum Gasteiger partial charge on any atom is 0.534 e. The van der Waals surface area contributed by atoms with E-state index in [0.29, 0.717) is 22.3 Å². The number of halogens is 5. The zero-order valence-corrected chi connectivity index (χ0v) is 22.3. The Morgan fingerprint density at radius 3 is 2.35 bits per heavy atom. The molecule has 0 radical (unpaired) electrons. The van der Waals surface area contributed by atoms with E-state index in [4.69, 9.17) is 0 Å². The van der Waals surface area contributed by atoms with E-state index in [1.165, 1.54) is 12.1 Å². The topological polar surface area (TPSA) is 90.3 Å². The first-order chi connectivity index (χ1) is 18.7. The largest absolute Gasteiger partial charge is 0.534 e. The molecule has 0 saturated heterocycles. The molecule has 0 fully saturated rings. The summed E-state index contributed by atoms with van der Waals surface area (Å²) in [6, 6.07) is 11.3. The molecular formula is C27H24F5N3O4S. The SMILES string of the molecule is CC(C)c1c(C(=O)NCc2ccc(F)c(F)c2)c2ccc(OS(=O)(=O)C(F)(F)F)cc2n1C(C)c1ccccn1. The van der Waals surface area contributed by atoms with Gasteiger partial charge >= 0.3 is 15.6 Å². The molecule has 0 spiro atoms. The molecule has 2 aromatic heterocycles. The van der Waals surface area contributed by atoms with E-state index in [1.54, 1.807) is 35.9 Å². The molecule has 1 amide bonds. The number of carbonyl (C=O) groups is 1. The van der Waals surface area contributed by atoms with Crippen molar-refractivity contribution in [1.82, 2.24) is 14.9 Å². The normalized spacial score (nSPS) is 13.0. The summed E-state index contributed by atoms with van der Waals surface area (Å²) in [4.78, 5) is 17.9. The highest BCUT2D eigenvalue weighted by molar-refractivity contribution is 7.88. The van der Waals surface area contributed by atoms with Crippen LogP contribution in [0.15, 0.2) is 60.8 Å². The predicted molar refractivity (Wildman–Crippen MR) is 137 cm³/mol. The Labute approximate surface area is 226 Å². The van der Waals surface area contributed by atoms with E-state index in [1.807, 2.05) is 13.8 Å². The average Bonchev–Trinajstić information content (AvgIpc) is 3.23. The number of rotatable bonds is 8. The first-order valence-corrected chi connectivity index (χ1v) is 13.4. The molecule has 0 bridgehead atoms. The van der Waals surface area contributed by atoms with Crippen LogP contribution in [0.1, 0.15) is 60.0 Å². The number of fused-ring (bicyclic) bond motifs is 1. The van der Waals surface area contributed by atoms with Crippen LogP contribution >= 0.6 is 0 Å². The van der Waals surface area contributed by atoms with Gasteiger partial charge in [0.2, 0.25) is 0 Å². The van der Waals surface area contributed by atoms with E-state index in [-0.39, 0.29) is 23.5 Å². The number of alkyl halides is 3. The summed E-state index contributed by atoms with van der Waals surface area (Å²) < 4.78 is 95.4. The number of nitrogens with zero attached hydrogens (tertiary/aromatic N) is 2. The lowest BCUT2D eigenvalue weighted by Crippen LogP contribution is -2.28. The van der Waals surface area contributed by atoms with Crippen molar-refractivity contribution in [2.24, 2.45) is 0 Å². The summed E-state index contributed by atoms with van der Waals surface area (Å²) >= 11 is 0. The van der Waals surface area contributed by atoms with Gasteiger partial charge in [-0.3, -0.25) is 9.78 Å². The quantitative estimate of drug-likeness (QED) is 0.152. The second-order valence-corrected chi connectivity index (χ2v) is 10.8. The molecule has 1 atom stereocenters. The molecule has 0 aliphatic heterocycles. The zero-order chi connectivity index (χ0) is 29.4. The summed E-state index contributed by atoms with van der Waals surface area (Å²) in [5.74, 6) is -3.58. The van der Waals surface area contributed by atoms with Gasteiger partial charge in [-0.2, -0.15) is 21.6 Å². The number of hydrogen-bond acceptors (Lipinski definition) is 5. The van der Waals surface area contributed by atoms with Crippen LogP contribution in [-0.4, -0.2) is 29.4 Å². The van der Waals surface area contributed by atoms with Gasteiger partial charge in [-0.15, -0.1) is 0 Å². The highest BCUT2D eigenvalue weighted by Gasteiger charge is 2.48. The summed E-state index contributed by atoms with van der Waals surface area (Å²) in [7, 11) is -5.94. The van der Waals surface area contributed by atoms with E-state index in [0.717, 1.165) is 24.3 Å². The number of pyridine rings is 1. The van der Waals surface area contributed by atoms with Gasteiger partial charge in [-0.25, -0.2) is 8.78 Å². The van der Waals surface area contributed by atoms with Gasteiger partial charge in [-0.05, 0) is 54.8 Å². The molecule has 0 aliphatic carbocycles. The zero-order valence-electron chi connectivity index (χ0n) is 21.5. The first-order valence-electron chi connectivity index (χ1n) is 12.0. The van der Waals surface area contributed by atoms with Crippen molar-refractivity contribution >= 4 is 26.9 Å². The van der Waals surface area contributed by atoms with Gasteiger partial charge in [0.05, 0.1) is 22.8 Å². The van der Waals surface area contributed by atoms with E-state index >= 15 is 0 Å². The van der Waals surface area contributed by atoms with E-state index < -0.39 is 45.0 Å². The Bertz CT molecular complexity index is 1670. The van der Waals surface area contributed by atoms with E-state index in [9.17, 15) is 35.2 Å². The molecule has 1 N–H and O–H groups in total. The Morgan fingerprint density at radius 2 is 1.75 bits per heavy atom. The van der Waals surface area contributed by atoms with Crippen molar-refractivity contribution in [1.29, 1.82) is 0 Å². The Morgan fingerprint density at radius 1 is 1.02 bits per heavy atom. The Hall–Kier alpha value is -4.00. The molecule has 4 rings (SSSR count). The smallest absolute Gasteiger partial charge is 0.376 e. The molecule has 1 unspecified atom stereocenters. The van der Waals surface area contributed by atoms with Crippen molar-refractivity contribution in [2.75, 3.05) is 0 Å². The van der Waals surface area contributed by atoms with Crippen LogP contribution in [0.5, 0.6) is 5.75 Å². The lowest BCUT2D eigenvalue weighted by atomic mass is 10.0. The minimum atomic E-state index is -5.94. The standard InChI is InChI=1S/C27H24F5N3O4S/c1-15(2)25-24(26(36)34-14-17-7-10-20(28)21(29)12-17)19-9-8-18(39-40(37,38)27(30,31)32)13-23(19)35(25)16(3)22-6-4-5-11-33-22/h4-13,15-16H,14H2,1-3H3,(H,34,36). The second kappa shape index (κ2) is 10.9. The molecule has 2 aromatic carbocycles. The second-order valence-electron chi connectivity index (χ2n) is 9.31. The fourth-order valence-electron chi connectivity index (χ4n) is 4.43. The molecule has 4 aromatic rings. The molecule has 13 heteroatoms. The van der Waals surface area contributed by atoms with Crippen LogP contribution < -0.4 is 9.50 Å². The fraction of sp³-hybridized carbons (Fsp3) is 0.259. The van der Waals surface area contributed by atoms with Crippen LogP contribution in [-0.2, 0) is 16.7 Å². The monoisotopic (exact) mass is 581 g/mol. The molecule has 0 saturated carbocycles. The average molecular weight is 582 g/mol. The van der Waals surface area contributed by atoms with Gasteiger partial charge in [0.25, 0.3) is 5.91 Å². The highest BCUT2D eigenvalue weighted by atomic mass is 32.2. The summed E-state index contributed by atoms with van der Waals surface area (Å²) in [6.07, 6.45) is 1.56. The predicted octanol–water partition coefficient (Wildman–Crippen LogP) is 6.21. The summed E-state index contributed by atoms with van der Waals surface area (Å²) in [5, 5.41) is 2.99. The molecule has 212 valence electrons. The van der Waals surface area contributed by atoms with Crippen molar-refractivity contribution < 1.29 is 39.3 Å².